The van der Waals surface area contributed by atoms with Crippen molar-refractivity contribution in [3.05, 3.63) is 64.2 Å². The van der Waals surface area contributed by atoms with Gasteiger partial charge in [0, 0.05) is 0 Å². The SMILES string of the molecule is Cc1ccc(N([C@H](C)C(=O)N[C@H](C)c2ccc3c(c2)CCC3)S(C)(=O)=O)cc1C. The topological polar surface area (TPSA) is 66.5 Å². The zero-order chi connectivity index (χ0) is 21.3. The molecule has 29 heavy (non-hydrogen) atoms. The van der Waals surface area contributed by atoms with Gasteiger partial charge in [-0.25, -0.2) is 8.42 Å². The molecule has 0 aromatic heterocycles. The number of hydrogen-bond donors (Lipinski definition) is 1. The molecule has 1 N–H and O–H groups in total. The van der Waals surface area contributed by atoms with Gasteiger partial charge in [-0.2, -0.15) is 0 Å². The standard InChI is InChI=1S/C23H30N2O3S/c1-15-9-12-22(13-16(15)2)25(29(5,27)28)18(4)23(26)24-17(3)20-11-10-19-7-6-8-21(19)14-20/h9-14,17-18H,6-8H2,1-5H3,(H,24,26)/t17-,18-/m1/s1. The lowest BCUT2D eigenvalue weighted by Gasteiger charge is -2.29. The maximum Gasteiger partial charge on any atom is 0.244 e. The summed E-state index contributed by atoms with van der Waals surface area (Å²) in [6.45, 7) is 7.46. The van der Waals surface area contributed by atoms with Crippen LogP contribution in [0.2, 0.25) is 0 Å². The normalized spacial score (nSPS) is 15.5. The highest BCUT2D eigenvalue weighted by Crippen LogP contribution is 2.27. The molecule has 3 rings (SSSR count). The van der Waals surface area contributed by atoms with Crippen LogP contribution < -0.4 is 9.62 Å². The minimum atomic E-state index is -3.63. The third kappa shape index (κ3) is 4.64. The Hall–Kier alpha value is -2.34. The first-order valence-electron chi connectivity index (χ1n) is 10.1. The fraction of sp³-hybridized carbons (Fsp3) is 0.435. The number of rotatable bonds is 6. The molecule has 0 aliphatic heterocycles. The maximum atomic E-state index is 13.0. The van der Waals surface area contributed by atoms with Crippen LogP contribution in [-0.4, -0.2) is 26.6 Å². The Morgan fingerprint density at radius 1 is 1.00 bits per heavy atom. The smallest absolute Gasteiger partial charge is 0.244 e. The summed E-state index contributed by atoms with van der Waals surface area (Å²) in [5.41, 5.74) is 6.34. The van der Waals surface area contributed by atoms with Crippen LogP contribution in [0.25, 0.3) is 0 Å². The van der Waals surface area contributed by atoms with Gasteiger partial charge in [-0.1, -0.05) is 24.3 Å². The third-order valence-electron chi connectivity index (χ3n) is 5.81. The van der Waals surface area contributed by atoms with Gasteiger partial charge in [-0.15, -0.1) is 0 Å². The lowest BCUT2D eigenvalue weighted by molar-refractivity contribution is -0.122. The minimum absolute atomic E-state index is 0.197. The predicted octanol–water partition coefficient (Wildman–Crippen LogP) is 3.82. The summed E-state index contributed by atoms with van der Waals surface area (Å²) < 4.78 is 26.2. The predicted molar refractivity (Wildman–Crippen MR) is 118 cm³/mol. The first kappa shape index (κ1) is 21.4. The van der Waals surface area contributed by atoms with E-state index in [1.54, 1.807) is 13.0 Å². The number of anilines is 1. The summed E-state index contributed by atoms with van der Waals surface area (Å²) >= 11 is 0. The number of carbonyl (C=O) groups excluding carboxylic acids is 1. The van der Waals surface area contributed by atoms with Gasteiger partial charge in [0.25, 0.3) is 0 Å². The van der Waals surface area contributed by atoms with Crippen LogP contribution in [0.3, 0.4) is 0 Å². The van der Waals surface area contributed by atoms with Crippen molar-refractivity contribution in [1.29, 1.82) is 0 Å². The molecular weight excluding hydrogens is 384 g/mol. The zero-order valence-corrected chi connectivity index (χ0v) is 18.6. The molecule has 1 aliphatic carbocycles. The number of sulfonamides is 1. The molecule has 0 spiro atoms. The largest absolute Gasteiger partial charge is 0.348 e. The van der Waals surface area contributed by atoms with E-state index in [2.05, 4.69) is 23.5 Å². The monoisotopic (exact) mass is 414 g/mol. The van der Waals surface area contributed by atoms with Crippen LogP contribution in [0.5, 0.6) is 0 Å². The van der Waals surface area contributed by atoms with E-state index in [1.165, 1.54) is 21.9 Å². The fourth-order valence-corrected chi connectivity index (χ4v) is 5.12. The molecule has 1 amide bonds. The highest BCUT2D eigenvalue weighted by atomic mass is 32.2. The molecule has 5 nitrogen and oxygen atoms in total. The van der Waals surface area contributed by atoms with E-state index in [1.807, 2.05) is 32.9 Å². The van der Waals surface area contributed by atoms with E-state index >= 15 is 0 Å². The van der Waals surface area contributed by atoms with Gasteiger partial charge >= 0.3 is 0 Å². The van der Waals surface area contributed by atoms with Gasteiger partial charge in [0.15, 0.2) is 0 Å². The van der Waals surface area contributed by atoms with E-state index in [0.29, 0.717) is 5.69 Å². The van der Waals surface area contributed by atoms with Crippen molar-refractivity contribution < 1.29 is 13.2 Å². The maximum absolute atomic E-state index is 13.0. The zero-order valence-electron chi connectivity index (χ0n) is 17.8. The highest BCUT2D eigenvalue weighted by molar-refractivity contribution is 7.92. The molecule has 0 saturated heterocycles. The molecule has 0 unspecified atom stereocenters. The van der Waals surface area contributed by atoms with Crippen LogP contribution >= 0.6 is 0 Å². The summed E-state index contributed by atoms with van der Waals surface area (Å²) in [5.74, 6) is -0.318. The Labute approximate surface area is 174 Å². The van der Waals surface area contributed by atoms with Crippen molar-refractivity contribution >= 4 is 21.6 Å². The second kappa shape index (κ2) is 8.19. The number of carbonyl (C=O) groups is 1. The number of fused-ring (bicyclic) bond motifs is 1. The second-order valence-corrected chi connectivity index (χ2v) is 9.97. The Balaban J connectivity index is 1.81. The molecular formula is C23H30N2O3S. The van der Waals surface area contributed by atoms with Crippen LogP contribution in [0.15, 0.2) is 36.4 Å². The van der Waals surface area contributed by atoms with E-state index in [9.17, 15) is 13.2 Å². The summed E-state index contributed by atoms with van der Waals surface area (Å²) in [6.07, 6.45) is 4.51. The molecule has 0 radical (unpaired) electrons. The average molecular weight is 415 g/mol. The quantitative estimate of drug-likeness (QED) is 0.781. The van der Waals surface area contributed by atoms with Crippen LogP contribution in [-0.2, 0) is 27.7 Å². The van der Waals surface area contributed by atoms with Crippen LogP contribution in [0.1, 0.15) is 54.1 Å². The minimum Gasteiger partial charge on any atom is -0.348 e. The molecule has 156 valence electrons. The molecule has 0 fully saturated rings. The molecule has 2 aromatic carbocycles. The third-order valence-corrected chi connectivity index (χ3v) is 7.06. The molecule has 0 heterocycles. The van der Waals surface area contributed by atoms with Crippen LogP contribution in [0.4, 0.5) is 5.69 Å². The first-order chi connectivity index (χ1) is 13.6. The Morgan fingerprint density at radius 3 is 2.34 bits per heavy atom. The van der Waals surface area contributed by atoms with Crippen molar-refractivity contribution in [2.24, 2.45) is 0 Å². The van der Waals surface area contributed by atoms with Gasteiger partial charge in [0.1, 0.15) is 6.04 Å². The summed E-state index contributed by atoms with van der Waals surface area (Å²) in [7, 11) is -3.63. The number of amides is 1. The first-order valence-corrected chi connectivity index (χ1v) is 11.9. The summed E-state index contributed by atoms with van der Waals surface area (Å²) in [4.78, 5) is 13.0. The number of benzene rings is 2. The van der Waals surface area contributed by atoms with E-state index in [4.69, 9.17) is 0 Å². The summed E-state index contributed by atoms with van der Waals surface area (Å²) in [6, 6.07) is 10.7. The van der Waals surface area contributed by atoms with Crippen molar-refractivity contribution in [2.75, 3.05) is 10.6 Å². The second-order valence-electron chi connectivity index (χ2n) is 8.12. The molecule has 1 aliphatic rings. The van der Waals surface area contributed by atoms with E-state index < -0.39 is 16.1 Å². The van der Waals surface area contributed by atoms with Gasteiger partial charge in [-0.3, -0.25) is 9.10 Å². The van der Waals surface area contributed by atoms with Gasteiger partial charge in [0.2, 0.25) is 15.9 Å². The molecule has 2 aromatic rings. The molecule has 0 saturated carbocycles. The highest BCUT2D eigenvalue weighted by Gasteiger charge is 2.30. The van der Waals surface area contributed by atoms with Gasteiger partial charge < -0.3 is 5.32 Å². The Kier molecular flexibility index (Phi) is 6.03. The summed E-state index contributed by atoms with van der Waals surface area (Å²) in [5, 5.41) is 2.99. The molecule has 6 heteroatoms. The van der Waals surface area contributed by atoms with Crippen molar-refractivity contribution in [3.8, 4) is 0 Å². The van der Waals surface area contributed by atoms with Gasteiger partial charge in [0.05, 0.1) is 18.0 Å². The number of nitrogens with one attached hydrogen (secondary N) is 1. The van der Waals surface area contributed by atoms with E-state index in [-0.39, 0.29) is 11.9 Å². The number of hydrogen-bond acceptors (Lipinski definition) is 3. The lowest BCUT2D eigenvalue weighted by Crippen LogP contribution is -2.48. The molecule has 2 atom stereocenters. The van der Waals surface area contributed by atoms with Crippen molar-refractivity contribution in [2.45, 2.75) is 59.0 Å². The Bertz CT molecular complexity index is 1030. The molecule has 0 bridgehead atoms. The average Bonchev–Trinajstić information content (AvgIpc) is 3.11. The van der Waals surface area contributed by atoms with Gasteiger partial charge in [-0.05, 0) is 86.9 Å². The lowest BCUT2D eigenvalue weighted by atomic mass is 10.0. The fourth-order valence-electron chi connectivity index (χ4n) is 3.95. The number of nitrogens with zero attached hydrogens (tertiary/aromatic N) is 1. The van der Waals surface area contributed by atoms with Crippen molar-refractivity contribution in [3.63, 3.8) is 0 Å². The van der Waals surface area contributed by atoms with Crippen molar-refractivity contribution in [1.82, 2.24) is 5.32 Å². The van der Waals surface area contributed by atoms with Crippen LogP contribution in [0, 0.1) is 13.8 Å². The van der Waals surface area contributed by atoms with E-state index in [0.717, 1.165) is 35.8 Å². The number of aryl methyl sites for hydroxylation is 4. The Morgan fingerprint density at radius 2 is 1.69 bits per heavy atom.